The molecule has 0 saturated carbocycles. The van der Waals surface area contributed by atoms with Crippen LogP contribution in [0, 0.1) is 5.92 Å². The van der Waals surface area contributed by atoms with Gasteiger partial charge in [0.1, 0.15) is 6.54 Å². The molecule has 2 fully saturated rings. The van der Waals surface area contributed by atoms with Gasteiger partial charge in [-0.25, -0.2) is 0 Å². The first-order valence-electron chi connectivity index (χ1n) is 6.58. The number of amides is 2. The van der Waals surface area contributed by atoms with Crippen molar-refractivity contribution in [2.75, 3.05) is 37.8 Å². The zero-order chi connectivity index (χ0) is 12.8. The molecule has 110 valence electrons. The maximum atomic E-state index is 11.7. The number of carbonyl (C=O) groups is 2. The van der Waals surface area contributed by atoms with Gasteiger partial charge in [-0.3, -0.25) is 9.59 Å². The van der Waals surface area contributed by atoms with Gasteiger partial charge in [-0.2, -0.15) is 0 Å². The van der Waals surface area contributed by atoms with Gasteiger partial charge in [-0.1, -0.05) is 0 Å². The van der Waals surface area contributed by atoms with Crippen molar-refractivity contribution < 1.29 is 9.59 Å². The van der Waals surface area contributed by atoms with Crippen LogP contribution in [0.5, 0.6) is 0 Å². The molecule has 2 heterocycles. The predicted octanol–water partition coefficient (Wildman–Crippen LogP) is 0.447. The summed E-state index contributed by atoms with van der Waals surface area (Å²) in [5.74, 6) is 1.89. The second-order valence-corrected chi connectivity index (χ2v) is 5.88. The minimum Gasteiger partial charge on any atom is -0.355 e. The summed E-state index contributed by atoms with van der Waals surface area (Å²) in [7, 11) is 0. The fraction of sp³-hybridized carbons (Fsp3) is 0.833. The van der Waals surface area contributed by atoms with Gasteiger partial charge in [-0.15, -0.1) is 24.2 Å². The van der Waals surface area contributed by atoms with Gasteiger partial charge in [0.15, 0.2) is 0 Å². The van der Waals surface area contributed by atoms with E-state index in [1.165, 1.54) is 12.8 Å². The molecule has 0 bridgehead atoms. The van der Waals surface area contributed by atoms with Gasteiger partial charge in [0.05, 0.1) is 11.6 Å². The van der Waals surface area contributed by atoms with Crippen molar-refractivity contribution in [2.45, 2.75) is 19.3 Å². The van der Waals surface area contributed by atoms with Crippen LogP contribution in [0.2, 0.25) is 0 Å². The molecule has 0 aliphatic carbocycles. The lowest BCUT2D eigenvalue weighted by Crippen LogP contribution is -2.39. The average Bonchev–Trinajstić information content (AvgIpc) is 2.76. The molecule has 2 saturated heterocycles. The standard InChI is InChI=1S/C12H21N3O2S.ClH/c16-11(7-15-9-18-8-12(15)17)14-5-3-10-2-1-4-13-6-10;/h10,13H,1-9H2,(H,14,16);1H. The summed E-state index contributed by atoms with van der Waals surface area (Å²) in [5.41, 5.74) is 0. The van der Waals surface area contributed by atoms with E-state index in [-0.39, 0.29) is 30.8 Å². The van der Waals surface area contributed by atoms with Crippen molar-refractivity contribution >= 4 is 36.0 Å². The predicted molar refractivity (Wildman–Crippen MR) is 79.5 cm³/mol. The number of carbonyl (C=O) groups excluding carboxylic acids is 2. The molecule has 0 aromatic heterocycles. The van der Waals surface area contributed by atoms with Crippen LogP contribution in [0.3, 0.4) is 0 Å². The highest BCUT2D eigenvalue weighted by molar-refractivity contribution is 8.00. The molecule has 1 unspecified atom stereocenters. The fourth-order valence-electron chi connectivity index (χ4n) is 2.36. The van der Waals surface area contributed by atoms with E-state index in [2.05, 4.69) is 10.6 Å². The highest BCUT2D eigenvalue weighted by atomic mass is 35.5. The van der Waals surface area contributed by atoms with Crippen molar-refractivity contribution in [3.63, 3.8) is 0 Å². The van der Waals surface area contributed by atoms with Gasteiger partial charge in [0, 0.05) is 6.54 Å². The van der Waals surface area contributed by atoms with Crippen LogP contribution in [0.15, 0.2) is 0 Å². The Morgan fingerprint density at radius 2 is 2.37 bits per heavy atom. The Kier molecular flexibility index (Phi) is 7.56. The minimum atomic E-state index is -0.0328. The zero-order valence-corrected chi connectivity index (χ0v) is 12.7. The van der Waals surface area contributed by atoms with Crippen molar-refractivity contribution in [2.24, 2.45) is 5.92 Å². The molecule has 0 radical (unpaired) electrons. The van der Waals surface area contributed by atoms with Crippen LogP contribution in [0.1, 0.15) is 19.3 Å². The number of hydrogen-bond acceptors (Lipinski definition) is 4. The van der Waals surface area contributed by atoms with Crippen LogP contribution in [-0.2, 0) is 9.59 Å². The molecule has 1 atom stereocenters. The second kappa shape index (κ2) is 8.66. The van der Waals surface area contributed by atoms with Crippen LogP contribution >= 0.6 is 24.2 Å². The van der Waals surface area contributed by atoms with Gasteiger partial charge in [0.2, 0.25) is 11.8 Å². The highest BCUT2D eigenvalue weighted by Gasteiger charge is 2.22. The number of piperidine rings is 1. The summed E-state index contributed by atoms with van der Waals surface area (Å²) in [5, 5.41) is 6.28. The monoisotopic (exact) mass is 307 g/mol. The van der Waals surface area contributed by atoms with E-state index in [1.54, 1.807) is 16.7 Å². The third-order valence-electron chi connectivity index (χ3n) is 3.43. The molecule has 2 aliphatic rings. The topological polar surface area (TPSA) is 61.4 Å². The number of nitrogens with zero attached hydrogens (tertiary/aromatic N) is 1. The van der Waals surface area contributed by atoms with Gasteiger partial charge >= 0.3 is 0 Å². The third-order valence-corrected chi connectivity index (χ3v) is 4.38. The first-order chi connectivity index (χ1) is 8.75. The summed E-state index contributed by atoms with van der Waals surface area (Å²) in [4.78, 5) is 24.6. The van der Waals surface area contributed by atoms with Crippen LogP contribution in [0.4, 0.5) is 0 Å². The molecule has 0 aromatic carbocycles. The molecular formula is C12H22ClN3O2S. The second-order valence-electron chi connectivity index (χ2n) is 4.92. The first kappa shape index (κ1) is 16.6. The van der Waals surface area contributed by atoms with Gasteiger partial charge in [0.25, 0.3) is 0 Å². The van der Waals surface area contributed by atoms with E-state index < -0.39 is 0 Å². The summed E-state index contributed by atoms with van der Waals surface area (Å²) in [6.45, 7) is 3.13. The number of nitrogens with one attached hydrogen (secondary N) is 2. The van der Waals surface area contributed by atoms with E-state index >= 15 is 0 Å². The van der Waals surface area contributed by atoms with Crippen LogP contribution < -0.4 is 10.6 Å². The van der Waals surface area contributed by atoms with Crippen molar-refractivity contribution in [3.8, 4) is 0 Å². The Bertz CT molecular complexity index is 311. The van der Waals surface area contributed by atoms with Gasteiger partial charge < -0.3 is 15.5 Å². The van der Waals surface area contributed by atoms with E-state index in [9.17, 15) is 9.59 Å². The highest BCUT2D eigenvalue weighted by Crippen LogP contribution is 2.14. The summed E-state index contributed by atoms with van der Waals surface area (Å²) in [6.07, 6.45) is 3.52. The Balaban J connectivity index is 0.00000180. The normalized spacial score (nSPS) is 23.1. The van der Waals surface area contributed by atoms with Crippen molar-refractivity contribution in [3.05, 3.63) is 0 Å². The summed E-state index contributed by atoms with van der Waals surface area (Å²) >= 11 is 1.57. The van der Waals surface area contributed by atoms with Crippen molar-refractivity contribution in [1.82, 2.24) is 15.5 Å². The molecule has 0 spiro atoms. The quantitative estimate of drug-likeness (QED) is 0.774. The Hall–Kier alpha value is -0.460. The van der Waals surface area contributed by atoms with E-state index in [1.807, 2.05) is 0 Å². The maximum Gasteiger partial charge on any atom is 0.239 e. The SMILES string of the molecule is Cl.O=C(CN1CSCC1=O)NCCC1CCCNC1. The lowest BCUT2D eigenvalue weighted by molar-refractivity contribution is -0.132. The largest absolute Gasteiger partial charge is 0.355 e. The number of rotatable bonds is 5. The van der Waals surface area contributed by atoms with Gasteiger partial charge in [-0.05, 0) is 38.3 Å². The number of thioether (sulfide) groups is 1. The van der Waals surface area contributed by atoms with Crippen LogP contribution in [0.25, 0.3) is 0 Å². The van der Waals surface area contributed by atoms with E-state index in [0.717, 1.165) is 26.1 Å². The molecule has 5 nitrogen and oxygen atoms in total. The Morgan fingerprint density at radius 3 is 3.00 bits per heavy atom. The van der Waals surface area contributed by atoms with E-state index in [0.29, 0.717) is 17.5 Å². The Labute approximate surface area is 124 Å². The molecule has 2 N–H and O–H groups in total. The lowest BCUT2D eigenvalue weighted by atomic mass is 9.96. The van der Waals surface area contributed by atoms with E-state index in [4.69, 9.17) is 0 Å². The molecule has 2 rings (SSSR count). The molecule has 0 aromatic rings. The minimum absolute atomic E-state index is 0. The first-order valence-corrected chi connectivity index (χ1v) is 7.74. The number of halogens is 1. The molecule has 7 heteroatoms. The zero-order valence-electron chi connectivity index (χ0n) is 11.0. The fourth-order valence-corrected chi connectivity index (χ4v) is 3.26. The van der Waals surface area contributed by atoms with Crippen LogP contribution in [-0.4, -0.2) is 54.5 Å². The molecule has 2 amide bonds. The summed E-state index contributed by atoms with van der Waals surface area (Å²) < 4.78 is 0. The average molecular weight is 308 g/mol. The van der Waals surface area contributed by atoms with Crippen molar-refractivity contribution in [1.29, 1.82) is 0 Å². The third kappa shape index (κ3) is 5.58. The maximum absolute atomic E-state index is 11.7. The smallest absolute Gasteiger partial charge is 0.239 e. The number of hydrogen-bond donors (Lipinski definition) is 2. The molecule has 19 heavy (non-hydrogen) atoms. The molecular weight excluding hydrogens is 286 g/mol. The Morgan fingerprint density at radius 1 is 1.53 bits per heavy atom. The lowest BCUT2D eigenvalue weighted by Gasteiger charge is -2.22. The molecule has 2 aliphatic heterocycles. The summed E-state index contributed by atoms with van der Waals surface area (Å²) in [6, 6.07) is 0.